The van der Waals surface area contributed by atoms with Crippen molar-refractivity contribution in [1.29, 1.82) is 0 Å². The number of halogens is 1. The molecule has 0 saturated carbocycles. The number of carbonyl (C=O) groups excluding carboxylic acids is 2. The minimum absolute atomic E-state index is 0.123. The largest absolute Gasteiger partial charge is 0.491 e. The number of hydrogen-bond acceptors (Lipinski definition) is 5. The Morgan fingerprint density at radius 2 is 1.96 bits per heavy atom. The lowest BCUT2D eigenvalue weighted by Gasteiger charge is -2.25. The summed E-state index contributed by atoms with van der Waals surface area (Å²) in [5.74, 6) is 0.754. The molecule has 1 aromatic carbocycles. The molecule has 2 aromatic rings. The first-order valence-electron chi connectivity index (χ1n) is 9.22. The van der Waals surface area contributed by atoms with Crippen molar-refractivity contribution < 1.29 is 14.3 Å². The van der Waals surface area contributed by atoms with Gasteiger partial charge in [-0.3, -0.25) is 9.59 Å². The number of ether oxygens (including phenoxy) is 1. The number of aromatic nitrogens is 2. The van der Waals surface area contributed by atoms with Crippen molar-refractivity contribution >= 4 is 23.4 Å². The van der Waals surface area contributed by atoms with E-state index in [1.54, 1.807) is 54.2 Å². The maximum atomic E-state index is 12.9. The molecule has 0 N–H and O–H groups in total. The van der Waals surface area contributed by atoms with Gasteiger partial charge in [0.05, 0.1) is 12.1 Å². The number of fused-ring (bicyclic) bond motifs is 1. The molecule has 3 rings (SSSR count). The highest BCUT2D eigenvalue weighted by Crippen LogP contribution is 2.25. The minimum atomic E-state index is -0.146. The van der Waals surface area contributed by atoms with Crippen molar-refractivity contribution in [3.05, 3.63) is 52.6 Å². The molecule has 0 unspecified atom stereocenters. The molecule has 0 spiro atoms. The molecule has 0 bridgehead atoms. The van der Waals surface area contributed by atoms with Gasteiger partial charge in [0.15, 0.2) is 0 Å². The Morgan fingerprint density at radius 1 is 1.18 bits per heavy atom. The number of carbonyl (C=O) groups is 2. The second-order valence-electron chi connectivity index (χ2n) is 6.70. The number of amides is 2. The fourth-order valence-corrected chi connectivity index (χ4v) is 3.24. The Hall–Kier alpha value is -2.67. The van der Waals surface area contributed by atoms with Crippen LogP contribution in [0.25, 0.3) is 0 Å². The van der Waals surface area contributed by atoms with Crippen LogP contribution in [0.5, 0.6) is 5.75 Å². The fourth-order valence-electron chi connectivity index (χ4n) is 3.07. The number of hydrogen-bond donors (Lipinski definition) is 0. The van der Waals surface area contributed by atoms with Gasteiger partial charge in [0.2, 0.25) is 0 Å². The summed E-state index contributed by atoms with van der Waals surface area (Å²) in [5, 5.41) is 0.479. The summed E-state index contributed by atoms with van der Waals surface area (Å²) in [6, 6.07) is 6.62. The van der Waals surface area contributed by atoms with Gasteiger partial charge in [0.25, 0.3) is 11.8 Å². The predicted molar refractivity (Wildman–Crippen MR) is 106 cm³/mol. The van der Waals surface area contributed by atoms with Gasteiger partial charge in [-0.1, -0.05) is 11.6 Å². The molecule has 1 aliphatic heterocycles. The van der Waals surface area contributed by atoms with Crippen LogP contribution >= 0.6 is 11.6 Å². The van der Waals surface area contributed by atoms with Crippen LogP contribution in [0.1, 0.15) is 39.5 Å². The van der Waals surface area contributed by atoms with Crippen molar-refractivity contribution in [3.63, 3.8) is 0 Å². The maximum Gasteiger partial charge on any atom is 0.272 e. The van der Waals surface area contributed by atoms with Crippen LogP contribution in [-0.4, -0.2) is 64.9 Å². The van der Waals surface area contributed by atoms with Crippen LogP contribution in [0.4, 0.5) is 0 Å². The van der Waals surface area contributed by atoms with Crippen molar-refractivity contribution in [2.75, 3.05) is 33.3 Å². The van der Waals surface area contributed by atoms with Gasteiger partial charge in [-0.2, -0.15) is 0 Å². The number of nitrogens with zero attached hydrogens (tertiary/aromatic N) is 4. The molecule has 1 aromatic heterocycles. The Bertz CT molecular complexity index is 874. The van der Waals surface area contributed by atoms with E-state index < -0.39 is 0 Å². The summed E-state index contributed by atoms with van der Waals surface area (Å²) in [5.41, 5.74) is 0.805. The number of rotatable bonds is 1. The Labute approximate surface area is 169 Å². The quantitative estimate of drug-likeness (QED) is 0.733. The van der Waals surface area contributed by atoms with Crippen LogP contribution in [0.3, 0.4) is 0 Å². The standard InChI is InChI=1S/C20H23ClN4O3/c1-14-22-8-7-17(23-14)20(27)25-10-4-3-9-24(2)19(26)16-13-15(21)5-6-18(16)28-12-11-25/h5-8,13H,3-4,9-12H2,1-2H3. The summed E-state index contributed by atoms with van der Waals surface area (Å²) in [6.45, 7) is 3.57. The Morgan fingerprint density at radius 3 is 2.75 bits per heavy atom. The first-order valence-corrected chi connectivity index (χ1v) is 9.60. The molecule has 2 heterocycles. The SMILES string of the molecule is Cc1nccc(C(=O)N2CCCCN(C)C(=O)c3cc(Cl)ccc3OCC2)n1. The minimum Gasteiger partial charge on any atom is -0.491 e. The highest BCUT2D eigenvalue weighted by atomic mass is 35.5. The fraction of sp³-hybridized carbons (Fsp3) is 0.400. The van der Waals surface area contributed by atoms with Gasteiger partial charge >= 0.3 is 0 Å². The van der Waals surface area contributed by atoms with E-state index in [-0.39, 0.29) is 18.4 Å². The van der Waals surface area contributed by atoms with Crippen molar-refractivity contribution in [3.8, 4) is 5.75 Å². The number of benzene rings is 1. The van der Waals surface area contributed by atoms with Crippen LogP contribution < -0.4 is 4.74 Å². The molecule has 1 aliphatic rings. The summed E-state index contributed by atoms with van der Waals surface area (Å²) < 4.78 is 5.84. The molecule has 28 heavy (non-hydrogen) atoms. The molecule has 0 atom stereocenters. The lowest BCUT2D eigenvalue weighted by Crippen LogP contribution is -2.37. The average molecular weight is 403 g/mol. The zero-order valence-electron chi connectivity index (χ0n) is 16.0. The van der Waals surface area contributed by atoms with Crippen LogP contribution in [-0.2, 0) is 0 Å². The molecule has 0 radical (unpaired) electrons. The van der Waals surface area contributed by atoms with E-state index in [2.05, 4.69) is 9.97 Å². The number of aryl methyl sites for hydroxylation is 1. The van der Waals surface area contributed by atoms with Gasteiger partial charge in [0, 0.05) is 31.4 Å². The van der Waals surface area contributed by atoms with Gasteiger partial charge in [0.1, 0.15) is 23.9 Å². The lowest BCUT2D eigenvalue weighted by molar-refractivity contribution is 0.0699. The van der Waals surface area contributed by atoms with E-state index in [1.807, 2.05) is 0 Å². The average Bonchev–Trinajstić information content (AvgIpc) is 2.68. The predicted octanol–water partition coefficient (Wildman–Crippen LogP) is 2.83. The van der Waals surface area contributed by atoms with Gasteiger partial charge < -0.3 is 14.5 Å². The Kier molecular flexibility index (Phi) is 6.46. The zero-order chi connectivity index (χ0) is 20.1. The first-order chi connectivity index (χ1) is 13.5. The lowest BCUT2D eigenvalue weighted by atomic mass is 10.1. The van der Waals surface area contributed by atoms with E-state index >= 15 is 0 Å². The molecule has 8 heteroatoms. The zero-order valence-corrected chi connectivity index (χ0v) is 16.8. The molecule has 0 fully saturated rings. The maximum absolute atomic E-state index is 12.9. The van der Waals surface area contributed by atoms with Crippen molar-refractivity contribution in [2.45, 2.75) is 19.8 Å². The normalized spacial score (nSPS) is 15.9. The third kappa shape index (κ3) is 4.78. The van der Waals surface area contributed by atoms with E-state index in [0.717, 1.165) is 12.8 Å². The van der Waals surface area contributed by atoms with E-state index in [1.165, 1.54) is 0 Å². The van der Waals surface area contributed by atoms with Crippen LogP contribution in [0.2, 0.25) is 5.02 Å². The van der Waals surface area contributed by atoms with Crippen molar-refractivity contribution in [2.24, 2.45) is 0 Å². The molecular formula is C20H23ClN4O3. The molecule has 0 saturated heterocycles. The van der Waals surface area contributed by atoms with Gasteiger partial charge in [-0.05, 0) is 44.0 Å². The molecule has 148 valence electrons. The van der Waals surface area contributed by atoms with Gasteiger partial charge in [-0.25, -0.2) is 9.97 Å². The summed E-state index contributed by atoms with van der Waals surface area (Å²) in [7, 11) is 1.76. The smallest absolute Gasteiger partial charge is 0.272 e. The highest BCUT2D eigenvalue weighted by molar-refractivity contribution is 6.31. The molecule has 0 aliphatic carbocycles. The topological polar surface area (TPSA) is 75.6 Å². The molecule has 7 nitrogen and oxygen atoms in total. The summed E-state index contributed by atoms with van der Waals surface area (Å²) in [6.07, 6.45) is 3.14. The highest BCUT2D eigenvalue weighted by Gasteiger charge is 2.21. The Balaban J connectivity index is 1.81. The third-order valence-corrected chi connectivity index (χ3v) is 4.83. The first kappa shape index (κ1) is 20.1. The molecular weight excluding hydrogens is 380 g/mol. The second-order valence-corrected chi connectivity index (χ2v) is 7.14. The van der Waals surface area contributed by atoms with Crippen molar-refractivity contribution in [1.82, 2.24) is 19.8 Å². The van der Waals surface area contributed by atoms with E-state index in [4.69, 9.17) is 16.3 Å². The molecule has 2 amide bonds. The van der Waals surface area contributed by atoms with E-state index in [0.29, 0.717) is 47.5 Å². The third-order valence-electron chi connectivity index (χ3n) is 4.59. The summed E-state index contributed by atoms with van der Waals surface area (Å²) in [4.78, 5) is 37.2. The summed E-state index contributed by atoms with van der Waals surface area (Å²) >= 11 is 6.07. The van der Waals surface area contributed by atoms with Crippen LogP contribution in [0.15, 0.2) is 30.5 Å². The monoisotopic (exact) mass is 402 g/mol. The van der Waals surface area contributed by atoms with Crippen LogP contribution in [0, 0.1) is 6.92 Å². The van der Waals surface area contributed by atoms with Gasteiger partial charge in [-0.15, -0.1) is 0 Å². The second kappa shape index (κ2) is 9.01. The van der Waals surface area contributed by atoms with E-state index in [9.17, 15) is 9.59 Å².